The summed E-state index contributed by atoms with van der Waals surface area (Å²) in [5, 5.41) is 21.3. The third-order valence-electron chi connectivity index (χ3n) is 5.04. The van der Waals surface area contributed by atoms with Crippen molar-refractivity contribution in [1.82, 2.24) is 15.0 Å². The molecule has 0 aliphatic carbocycles. The van der Waals surface area contributed by atoms with Crippen LogP contribution in [0.5, 0.6) is 0 Å². The van der Waals surface area contributed by atoms with Crippen molar-refractivity contribution in [3.63, 3.8) is 0 Å². The minimum atomic E-state index is -0.446. The van der Waals surface area contributed by atoms with Crippen LogP contribution in [0.2, 0.25) is 0 Å². The summed E-state index contributed by atoms with van der Waals surface area (Å²) in [7, 11) is 0. The first-order valence-corrected chi connectivity index (χ1v) is 11.2. The van der Waals surface area contributed by atoms with E-state index in [-0.39, 0.29) is 11.6 Å². The minimum Gasteiger partial charge on any atom is -0.455 e. The van der Waals surface area contributed by atoms with Crippen molar-refractivity contribution in [2.45, 2.75) is 0 Å². The van der Waals surface area contributed by atoms with Gasteiger partial charge in [-0.15, -0.1) is 0 Å². The molecular formula is C26H20N8O3. The number of hydrogen-bond acceptors (Lipinski definition) is 10. The molecule has 0 fully saturated rings. The fraction of sp³-hybridized carbons (Fsp3) is 0. The molecule has 0 atom stereocenters. The lowest BCUT2D eigenvalue weighted by molar-refractivity contribution is -0.384. The smallest absolute Gasteiger partial charge is 0.269 e. The Kier molecular flexibility index (Phi) is 6.75. The van der Waals surface area contributed by atoms with Gasteiger partial charge >= 0.3 is 0 Å². The van der Waals surface area contributed by atoms with Crippen molar-refractivity contribution in [2.75, 3.05) is 16.1 Å². The topological polar surface area (TPSA) is 143 Å². The number of aromatic nitrogens is 3. The highest BCUT2D eigenvalue weighted by molar-refractivity contribution is 5.78. The lowest BCUT2D eigenvalue weighted by atomic mass is 10.1. The highest BCUT2D eigenvalue weighted by Gasteiger charge is 2.09. The van der Waals surface area contributed by atoms with E-state index >= 15 is 0 Å². The van der Waals surface area contributed by atoms with Crippen LogP contribution in [0.3, 0.4) is 0 Å². The molecule has 0 aliphatic heterocycles. The molecule has 2 heterocycles. The molecule has 2 aromatic heterocycles. The van der Waals surface area contributed by atoms with Crippen molar-refractivity contribution in [2.24, 2.45) is 5.10 Å². The van der Waals surface area contributed by atoms with Gasteiger partial charge in [0, 0.05) is 29.1 Å². The van der Waals surface area contributed by atoms with Crippen LogP contribution in [0.4, 0.5) is 34.9 Å². The Balaban J connectivity index is 1.32. The van der Waals surface area contributed by atoms with Crippen LogP contribution in [0, 0.1) is 10.1 Å². The van der Waals surface area contributed by atoms with Gasteiger partial charge in [-0.3, -0.25) is 10.1 Å². The summed E-state index contributed by atoms with van der Waals surface area (Å²) < 4.78 is 5.78. The van der Waals surface area contributed by atoms with Gasteiger partial charge in [-0.05, 0) is 48.5 Å². The first kappa shape index (κ1) is 23.2. The maximum atomic E-state index is 10.8. The van der Waals surface area contributed by atoms with E-state index < -0.39 is 4.92 Å². The minimum absolute atomic E-state index is 0.0147. The molecule has 11 nitrogen and oxygen atoms in total. The van der Waals surface area contributed by atoms with Crippen molar-refractivity contribution in [1.29, 1.82) is 0 Å². The molecule has 182 valence electrons. The Morgan fingerprint density at radius 3 is 1.86 bits per heavy atom. The fourth-order valence-electron chi connectivity index (χ4n) is 3.32. The van der Waals surface area contributed by atoms with Gasteiger partial charge in [0.2, 0.25) is 17.8 Å². The van der Waals surface area contributed by atoms with Crippen LogP contribution in [0.15, 0.2) is 107 Å². The van der Waals surface area contributed by atoms with Gasteiger partial charge in [0.15, 0.2) is 0 Å². The number of hydrazone groups is 1. The molecule has 0 bridgehead atoms. The zero-order chi connectivity index (χ0) is 25.5. The van der Waals surface area contributed by atoms with E-state index in [4.69, 9.17) is 4.42 Å². The zero-order valence-corrected chi connectivity index (χ0v) is 19.3. The third-order valence-corrected chi connectivity index (χ3v) is 5.04. The molecule has 11 heteroatoms. The highest BCUT2D eigenvalue weighted by atomic mass is 16.6. The van der Waals surface area contributed by atoms with Crippen molar-refractivity contribution >= 4 is 41.1 Å². The Hall–Kier alpha value is -5.58. The van der Waals surface area contributed by atoms with Crippen LogP contribution in [0.1, 0.15) is 5.76 Å². The third kappa shape index (κ3) is 6.11. The normalized spacial score (nSPS) is 10.8. The first-order chi connectivity index (χ1) is 18.1. The van der Waals surface area contributed by atoms with Crippen LogP contribution in [0.25, 0.3) is 11.3 Å². The average molecular weight is 492 g/mol. The summed E-state index contributed by atoms with van der Waals surface area (Å²) in [4.78, 5) is 23.6. The predicted octanol–water partition coefficient (Wildman–Crippen LogP) is 5.97. The lowest BCUT2D eigenvalue weighted by Crippen LogP contribution is -2.07. The second-order valence-corrected chi connectivity index (χ2v) is 7.66. The van der Waals surface area contributed by atoms with Crippen LogP contribution in [-0.2, 0) is 0 Å². The molecule has 5 rings (SSSR count). The summed E-state index contributed by atoms with van der Waals surface area (Å²) in [5.74, 6) is 1.90. The molecule has 0 unspecified atom stereocenters. The van der Waals surface area contributed by atoms with E-state index in [2.05, 4.69) is 36.1 Å². The van der Waals surface area contributed by atoms with Crippen LogP contribution in [-0.4, -0.2) is 26.1 Å². The van der Waals surface area contributed by atoms with E-state index in [1.54, 1.807) is 24.3 Å². The number of furan rings is 1. The maximum absolute atomic E-state index is 10.8. The highest BCUT2D eigenvalue weighted by Crippen LogP contribution is 2.24. The molecule has 3 aromatic carbocycles. The Morgan fingerprint density at radius 2 is 1.30 bits per heavy atom. The number of nitro groups is 1. The van der Waals surface area contributed by atoms with E-state index in [0.717, 1.165) is 11.4 Å². The largest absolute Gasteiger partial charge is 0.455 e. The number of nitro benzene ring substituents is 1. The predicted molar refractivity (Wildman–Crippen MR) is 141 cm³/mol. The molecule has 0 saturated heterocycles. The summed E-state index contributed by atoms with van der Waals surface area (Å²) in [6.45, 7) is 0. The second-order valence-electron chi connectivity index (χ2n) is 7.66. The Labute approximate surface area is 211 Å². The van der Waals surface area contributed by atoms with Gasteiger partial charge in [0.1, 0.15) is 11.5 Å². The lowest BCUT2D eigenvalue weighted by Gasteiger charge is -2.10. The van der Waals surface area contributed by atoms with Gasteiger partial charge in [0.05, 0.1) is 11.1 Å². The number of anilines is 5. The van der Waals surface area contributed by atoms with E-state index in [1.807, 2.05) is 60.7 Å². The molecule has 5 aromatic rings. The van der Waals surface area contributed by atoms with Gasteiger partial charge in [-0.1, -0.05) is 36.4 Å². The monoisotopic (exact) mass is 492 g/mol. The first-order valence-electron chi connectivity index (χ1n) is 11.2. The molecule has 0 spiro atoms. The molecule has 0 saturated carbocycles. The van der Waals surface area contributed by atoms with Gasteiger partial charge < -0.3 is 15.1 Å². The molecule has 0 radical (unpaired) electrons. The van der Waals surface area contributed by atoms with Gasteiger partial charge in [0.25, 0.3) is 5.69 Å². The number of para-hydroxylation sites is 2. The molecule has 0 aliphatic rings. The van der Waals surface area contributed by atoms with E-state index in [0.29, 0.717) is 29.0 Å². The second kappa shape index (κ2) is 10.8. The molecule has 37 heavy (non-hydrogen) atoms. The molecular weight excluding hydrogens is 472 g/mol. The summed E-state index contributed by atoms with van der Waals surface area (Å²) >= 11 is 0. The van der Waals surface area contributed by atoms with Crippen LogP contribution >= 0.6 is 0 Å². The van der Waals surface area contributed by atoms with Crippen molar-refractivity contribution in [3.05, 3.63) is 113 Å². The van der Waals surface area contributed by atoms with E-state index in [1.165, 1.54) is 18.3 Å². The van der Waals surface area contributed by atoms with Crippen LogP contribution < -0.4 is 16.1 Å². The fourth-order valence-corrected chi connectivity index (χ4v) is 3.32. The number of nitrogens with zero attached hydrogens (tertiary/aromatic N) is 5. The number of benzene rings is 3. The number of non-ortho nitro benzene ring substituents is 1. The quantitative estimate of drug-likeness (QED) is 0.129. The summed E-state index contributed by atoms with van der Waals surface area (Å²) in [6, 6.07) is 28.7. The standard InChI is InChI=1S/C26H20N8O3/c35-34(36)21-13-11-18(12-14-21)23-16-15-22(37-23)17-27-33-26-31-24(28-19-7-3-1-4-8-19)30-25(32-26)29-20-9-5-2-6-10-20/h1-17H,(H3,28,29,30,31,32,33). The number of nitrogens with one attached hydrogen (secondary N) is 3. The van der Waals surface area contributed by atoms with Gasteiger partial charge in [-0.25, -0.2) is 5.43 Å². The number of rotatable bonds is 9. The Bertz CT molecular complexity index is 1460. The van der Waals surface area contributed by atoms with Crippen molar-refractivity contribution in [3.8, 4) is 11.3 Å². The summed E-state index contributed by atoms with van der Waals surface area (Å²) in [6.07, 6.45) is 1.48. The van der Waals surface area contributed by atoms with Crippen molar-refractivity contribution < 1.29 is 9.34 Å². The zero-order valence-electron chi connectivity index (χ0n) is 19.3. The maximum Gasteiger partial charge on any atom is 0.269 e. The SMILES string of the molecule is O=[N+]([O-])c1ccc(-c2ccc(C=NNc3nc(Nc4ccccc4)nc(Nc4ccccc4)n3)o2)cc1. The Morgan fingerprint density at radius 1 is 0.730 bits per heavy atom. The van der Waals surface area contributed by atoms with Gasteiger partial charge in [-0.2, -0.15) is 20.1 Å². The number of hydrogen-bond donors (Lipinski definition) is 3. The molecule has 3 N–H and O–H groups in total. The van der Waals surface area contributed by atoms with E-state index in [9.17, 15) is 10.1 Å². The summed E-state index contributed by atoms with van der Waals surface area (Å²) in [5.41, 5.74) is 5.18. The average Bonchev–Trinajstić information content (AvgIpc) is 3.39. The molecule has 0 amide bonds.